The molecule has 4 nitrogen and oxygen atoms in total. The van der Waals surface area contributed by atoms with Crippen LogP contribution >= 0.6 is 11.5 Å². The standard InChI is InChI=1S/C14H9F3N2O2S2/c15-14(16,17)23(20,21)11-7-2-1-4-8(11)9-5-3-6-10-12(9)13(18)19-22-10/h1-7H,(H2,18,19). The first-order valence-electron chi connectivity index (χ1n) is 6.28. The third kappa shape index (κ3) is 2.45. The predicted octanol–water partition coefficient (Wildman–Crippen LogP) is 3.84. The molecule has 0 aliphatic carbocycles. The second-order valence-electron chi connectivity index (χ2n) is 4.69. The lowest BCUT2D eigenvalue weighted by atomic mass is 10.0. The third-order valence-corrected chi connectivity index (χ3v) is 5.67. The molecule has 0 fully saturated rings. The van der Waals surface area contributed by atoms with Gasteiger partial charge in [0.05, 0.1) is 9.60 Å². The van der Waals surface area contributed by atoms with Gasteiger partial charge in [-0.15, -0.1) is 0 Å². The van der Waals surface area contributed by atoms with E-state index in [1.165, 1.54) is 24.3 Å². The van der Waals surface area contributed by atoms with Gasteiger partial charge in [0.25, 0.3) is 9.84 Å². The topological polar surface area (TPSA) is 73.0 Å². The van der Waals surface area contributed by atoms with Crippen molar-refractivity contribution in [3.05, 3.63) is 42.5 Å². The highest BCUT2D eigenvalue weighted by Gasteiger charge is 2.47. The fourth-order valence-corrected chi connectivity index (χ4v) is 4.00. The zero-order valence-electron chi connectivity index (χ0n) is 11.3. The maximum Gasteiger partial charge on any atom is 0.501 e. The van der Waals surface area contributed by atoms with E-state index in [4.69, 9.17) is 5.73 Å². The van der Waals surface area contributed by atoms with Crippen LogP contribution in [0.1, 0.15) is 0 Å². The van der Waals surface area contributed by atoms with Crippen LogP contribution in [0.5, 0.6) is 0 Å². The van der Waals surface area contributed by atoms with Gasteiger partial charge in [0.1, 0.15) is 5.82 Å². The number of hydrogen-bond donors (Lipinski definition) is 1. The highest BCUT2D eigenvalue weighted by molar-refractivity contribution is 7.92. The van der Waals surface area contributed by atoms with Crippen molar-refractivity contribution in [1.29, 1.82) is 0 Å². The van der Waals surface area contributed by atoms with Gasteiger partial charge in [-0.2, -0.15) is 17.5 Å². The van der Waals surface area contributed by atoms with E-state index < -0.39 is 20.2 Å². The van der Waals surface area contributed by atoms with E-state index in [0.717, 1.165) is 17.6 Å². The van der Waals surface area contributed by atoms with Crippen molar-refractivity contribution in [3.8, 4) is 11.1 Å². The Kier molecular flexibility index (Phi) is 3.56. The van der Waals surface area contributed by atoms with Gasteiger partial charge < -0.3 is 5.73 Å². The Morgan fingerprint density at radius 1 is 1.00 bits per heavy atom. The number of anilines is 1. The molecule has 3 aromatic rings. The van der Waals surface area contributed by atoms with Crippen molar-refractivity contribution in [2.45, 2.75) is 10.4 Å². The minimum absolute atomic E-state index is 0.0534. The quantitative estimate of drug-likeness (QED) is 0.755. The van der Waals surface area contributed by atoms with Crippen LogP contribution in [0.3, 0.4) is 0 Å². The van der Waals surface area contributed by atoms with E-state index in [1.54, 1.807) is 12.1 Å². The SMILES string of the molecule is Nc1nsc2cccc(-c3ccccc3S(=O)(=O)C(F)(F)F)c12. The summed E-state index contributed by atoms with van der Waals surface area (Å²) < 4.78 is 67.1. The molecule has 2 N–H and O–H groups in total. The summed E-state index contributed by atoms with van der Waals surface area (Å²) in [6.45, 7) is 0. The van der Waals surface area contributed by atoms with Crippen LogP contribution in [0.15, 0.2) is 47.4 Å². The van der Waals surface area contributed by atoms with Crippen molar-refractivity contribution < 1.29 is 21.6 Å². The van der Waals surface area contributed by atoms with Gasteiger partial charge in [0, 0.05) is 10.9 Å². The Hall–Kier alpha value is -2.13. The van der Waals surface area contributed by atoms with E-state index in [-0.39, 0.29) is 11.4 Å². The highest BCUT2D eigenvalue weighted by Crippen LogP contribution is 2.40. The van der Waals surface area contributed by atoms with E-state index in [1.807, 2.05) is 0 Å². The van der Waals surface area contributed by atoms with E-state index >= 15 is 0 Å². The van der Waals surface area contributed by atoms with Crippen molar-refractivity contribution in [2.24, 2.45) is 0 Å². The van der Waals surface area contributed by atoms with Crippen LogP contribution in [0.25, 0.3) is 21.2 Å². The summed E-state index contributed by atoms with van der Waals surface area (Å²) in [5, 5.41) is 0.447. The molecule has 0 spiro atoms. The minimum atomic E-state index is -5.48. The Morgan fingerprint density at radius 2 is 1.65 bits per heavy atom. The Morgan fingerprint density at radius 3 is 2.35 bits per heavy atom. The maximum absolute atomic E-state index is 12.9. The predicted molar refractivity (Wildman–Crippen MR) is 82.7 cm³/mol. The second kappa shape index (κ2) is 5.20. The number of halogens is 3. The zero-order chi connectivity index (χ0) is 16.8. The number of benzene rings is 2. The summed E-state index contributed by atoms with van der Waals surface area (Å²) in [5.41, 5.74) is 0.657. The smallest absolute Gasteiger partial charge is 0.382 e. The van der Waals surface area contributed by atoms with Gasteiger partial charge in [0.2, 0.25) is 0 Å². The minimum Gasteiger partial charge on any atom is -0.382 e. The first kappa shape index (κ1) is 15.8. The molecule has 0 saturated heterocycles. The number of aromatic nitrogens is 1. The van der Waals surface area contributed by atoms with Crippen molar-refractivity contribution in [3.63, 3.8) is 0 Å². The van der Waals surface area contributed by atoms with Crippen molar-refractivity contribution in [1.82, 2.24) is 4.37 Å². The number of hydrogen-bond acceptors (Lipinski definition) is 5. The molecule has 1 heterocycles. The molecule has 3 rings (SSSR count). The van der Waals surface area contributed by atoms with Gasteiger partial charge in [-0.1, -0.05) is 30.3 Å². The van der Waals surface area contributed by atoms with Gasteiger partial charge >= 0.3 is 5.51 Å². The normalized spacial score (nSPS) is 12.7. The molecule has 9 heteroatoms. The maximum atomic E-state index is 12.9. The van der Waals surface area contributed by atoms with Crippen molar-refractivity contribution >= 4 is 37.3 Å². The Bertz CT molecular complexity index is 995. The molecule has 2 aromatic carbocycles. The van der Waals surface area contributed by atoms with Crippen LogP contribution in [-0.2, 0) is 9.84 Å². The van der Waals surface area contributed by atoms with Crippen LogP contribution in [0.2, 0.25) is 0 Å². The van der Waals surface area contributed by atoms with Crippen LogP contribution in [-0.4, -0.2) is 18.3 Å². The molecule has 0 bridgehead atoms. The molecule has 0 amide bonds. The molecule has 0 aliphatic rings. The van der Waals surface area contributed by atoms with Crippen LogP contribution < -0.4 is 5.73 Å². The molecule has 0 atom stereocenters. The number of alkyl halides is 3. The molecule has 0 aliphatic heterocycles. The fraction of sp³-hybridized carbons (Fsp3) is 0.0714. The molecular formula is C14H9F3N2O2S2. The highest BCUT2D eigenvalue weighted by atomic mass is 32.2. The largest absolute Gasteiger partial charge is 0.501 e. The molecule has 23 heavy (non-hydrogen) atoms. The summed E-state index contributed by atoms with van der Waals surface area (Å²) in [7, 11) is -5.48. The first-order chi connectivity index (χ1) is 10.7. The number of nitrogens with two attached hydrogens (primary N) is 1. The van der Waals surface area contributed by atoms with E-state index in [0.29, 0.717) is 15.6 Å². The Labute approximate surface area is 133 Å². The lowest BCUT2D eigenvalue weighted by Gasteiger charge is -2.13. The Balaban J connectivity index is 2.37. The zero-order valence-corrected chi connectivity index (χ0v) is 13.0. The van der Waals surface area contributed by atoms with Gasteiger partial charge in [-0.25, -0.2) is 8.42 Å². The van der Waals surface area contributed by atoms with Crippen molar-refractivity contribution in [2.75, 3.05) is 5.73 Å². The third-order valence-electron chi connectivity index (χ3n) is 3.30. The van der Waals surface area contributed by atoms with Crippen LogP contribution in [0.4, 0.5) is 19.0 Å². The molecule has 0 unspecified atom stereocenters. The average molecular weight is 358 g/mol. The van der Waals surface area contributed by atoms with E-state index in [2.05, 4.69) is 4.37 Å². The van der Waals surface area contributed by atoms with Gasteiger partial charge in [0.15, 0.2) is 0 Å². The van der Waals surface area contributed by atoms with Crippen LogP contribution in [0, 0.1) is 0 Å². The molecule has 1 aromatic heterocycles. The van der Waals surface area contributed by atoms with Gasteiger partial charge in [-0.05, 0) is 29.2 Å². The number of sulfone groups is 1. The lowest BCUT2D eigenvalue weighted by molar-refractivity contribution is -0.0435. The summed E-state index contributed by atoms with van der Waals surface area (Å²) >= 11 is 1.09. The summed E-state index contributed by atoms with van der Waals surface area (Å²) in [5.74, 6) is 0.153. The molecule has 0 radical (unpaired) electrons. The average Bonchev–Trinajstić information content (AvgIpc) is 2.88. The summed E-state index contributed by atoms with van der Waals surface area (Å²) in [6, 6.07) is 9.84. The molecule has 0 saturated carbocycles. The van der Waals surface area contributed by atoms with E-state index in [9.17, 15) is 21.6 Å². The fourth-order valence-electron chi connectivity index (χ4n) is 2.29. The van der Waals surface area contributed by atoms with Gasteiger partial charge in [-0.3, -0.25) is 0 Å². The molecule has 120 valence electrons. The lowest BCUT2D eigenvalue weighted by Crippen LogP contribution is -2.23. The number of rotatable bonds is 2. The monoisotopic (exact) mass is 358 g/mol. The number of fused-ring (bicyclic) bond motifs is 1. The second-order valence-corrected chi connectivity index (χ2v) is 7.41. The summed E-state index contributed by atoms with van der Waals surface area (Å²) in [4.78, 5) is -0.800. The first-order valence-corrected chi connectivity index (χ1v) is 8.54. The number of nitrogens with zero attached hydrogens (tertiary/aromatic N) is 1. The number of nitrogen functional groups attached to an aromatic ring is 1. The molecular weight excluding hydrogens is 349 g/mol. The summed E-state index contributed by atoms with van der Waals surface area (Å²) in [6.07, 6.45) is 0.